The Hall–Kier alpha value is -1.88. The topological polar surface area (TPSA) is 66.0 Å². The van der Waals surface area contributed by atoms with E-state index in [1.165, 1.54) is 0 Å². The van der Waals surface area contributed by atoms with Crippen LogP contribution in [0.25, 0.3) is 0 Å². The molecular weight excluding hydrogens is 240 g/mol. The molecule has 1 aromatic rings. The molecule has 0 bridgehead atoms. The molecule has 5 nitrogen and oxygen atoms in total. The van der Waals surface area contributed by atoms with Gasteiger partial charge in [0.2, 0.25) is 5.91 Å². The zero-order valence-electron chi connectivity index (χ0n) is 11.1. The van der Waals surface area contributed by atoms with Crippen LogP contribution in [0.1, 0.15) is 12.0 Å². The average Bonchev–Trinajstić information content (AvgIpc) is 2.94. The highest BCUT2D eigenvalue weighted by Crippen LogP contribution is 2.03. The third-order valence-electron chi connectivity index (χ3n) is 2.94. The highest BCUT2D eigenvalue weighted by Gasteiger charge is 2.16. The molecule has 2 rings (SSSR count). The lowest BCUT2D eigenvalue weighted by atomic mass is 10.3. The molecule has 1 aliphatic heterocycles. The lowest BCUT2D eigenvalue weighted by Gasteiger charge is -2.10. The molecule has 2 heterocycles. The second-order valence-electron chi connectivity index (χ2n) is 4.61. The van der Waals surface area contributed by atoms with Crippen LogP contribution in [0.4, 0.5) is 5.82 Å². The summed E-state index contributed by atoms with van der Waals surface area (Å²) in [5.74, 6) is 0.916. The van der Waals surface area contributed by atoms with Crippen LogP contribution in [-0.2, 0) is 4.79 Å². The molecule has 1 unspecified atom stereocenters. The van der Waals surface area contributed by atoms with Gasteiger partial charge < -0.3 is 10.6 Å². The largest absolute Gasteiger partial charge is 0.370 e. The number of carbonyl (C=O) groups excluding carboxylic acids is 1. The molecular formula is C14H20N4O. The predicted molar refractivity (Wildman–Crippen MR) is 76.0 cm³/mol. The predicted octanol–water partition coefficient (Wildman–Crippen LogP) is 0.836. The molecule has 0 saturated heterocycles. The van der Waals surface area contributed by atoms with Gasteiger partial charge in [-0.15, -0.1) is 0 Å². The molecule has 0 radical (unpaired) electrons. The molecule has 102 valence electrons. The fraction of sp³-hybridized carbons (Fsp3) is 0.429. The van der Waals surface area contributed by atoms with E-state index in [0.29, 0.717) is 6.54 Å². The molecule has 19 heavy (non-hydrogen) atoms. The minimum atomic E-state index is -0.160. The first-order valence-electron chi connectivity index (χ1n) is 6.60. The molecule has 1 amide bonds. The molecule has 0 fully saturated rings. The van der Waals surface area contributed by atoms with Crippen molar-refractivity contribution in [1.82, 2.24) is 15.6 Å². The summed E-state index contributed by atoms with van der Waals surface area (Å²) in [5.41, 5.74) is 1.15. The Morgan fingerprint density at radius 3 is 3.05 bits per heavy atom. The van der Waals surface area contributed by atoms with Crippen molar-refractivity contribution in [1.29, 1.82) is 0 Å². The Balaban J connectivity index is 1.58. The van der Waals surface area contributed by atoms with Crippen LogP contribution in [0.5, 0.6) is 0 Å². The van der Waals surface area contributed by atoms with Crippen LogP contribution in [0, 0.1) is 6.92 Å². The second kappa shape index (κ2) is 6.89. The van der Waals surface area contributed by atoms with E-state index in [2.05, 4.69) is 20.9 Å². The number of amides is 1. The van der Waals surface area contributed by atoms with Gasteiger partial charge in [-0.25, -0.2) is 4.98 Å². The first-order chi connectivity index (χ1) is 9.25. The number of aryl methyl sites for hydroxylation is 1. The van der Waals surface area contributed by atoms with Gasteiger partial charge in [-0.3, -0.25) is 10.1 Å². The molecule has 0 aromatic carbocycles. The lowest BCUT2D eigenvalue weighted by Crippen LogP contribution is -2.41. The summed E-state index contributed by atoms with van der Waals surface area (Å²) in [6.07, 6.45) is 6.57. The van der Waals surface area contributed by atoms with Gasteiger partial charge >= 0.3 is 0 Å². The summed E-state index contributed by atoms with van der Waals surface area (Å²) >= 11 is 0. The Kier molecular flexibility index (Phi) is 4.92. The van der Waals surface area contributed by atoms with Gasteiger partial charge in [0.25, 0.3) is 0 Å². The van der Waals surface area contributed by atoms with Crippen molar-refractivity contribution in [3.8, 4) is 0 Å². The van der Waals surface area contributed by atoms with Crippen molar-refractivity contribution in [2.75, 3.05) is 25.0 Å². The van der Waals surface area contributed by atoms with Crippen molar-refractivity contribution >= 4 is 11.7 Å². The van der Waals surface area contributed by atoms with Crippen molar-refractivity contribution in [3.05, 3.63) is 36.0 Å². The number of hydrogen-bond donors (Lipinski definition) is 3. The normalized spacial score (nSPS) is 17.4. The van der Waals surface area contributed by atoms with Gasteiger partial charge in [-0.05, 0) is 25.0 Å². The maximum Gasteiger partial charge on any atom is 0.241 e. The first-order valence-corrected chi connectivity index (χ1v) is 6.60. The van der Waals surface area contributed by atoms with E-state index in [0.717, 1.165) is 30.9 Å². The van der Waals surface area contributed by atoms with E-state index >= 15 is 0 Å². The van der Waals surface area contributed by atoms with Gasteiger partial charge in [0.15, 0.2) is 0 Å². The van der Waals surface area contributed by atoms with Gasteiger partial charge in [-0.1, -0.05) is 18.2 Å². The first kappa shape index (κ1) is 13.5. The number of nitrogens with one attached hydrogen (secondary N) is 3. The van der Waals surface area contributed by atoms with Crippen LogP contribution in [0.15, 0.2) is 30.5 Å². The van der Waals surface area contributed by atoms with Crippen molar-refractivity contribution in [2.24, 2.45) is 0 Å². The Morgan fingerprint density at radius 1 is 1.47 bits per heavy atom. The molecule has 0 spiro atoms. The zero-order chi connectivity index (χ0) is 13.5. The maximum atomic E-state index is 11.7. The summed E-state index contributed by atoms with van der Waals surface area (Å²) in [6, 6.07) is 3.82. The van der Waals surface area contributed by atoms with Gasteiger partial charge in [0.05, 0.1) is 0 Å². The molecule has 1 atom stereocenters. The van der Waals surface area contributed by atoms with E-state index in [4.69, 9.17) is 0 Å². The van der Waals surface area contributed by atoms with Gasteiger partial charge in [0.1, 0.15) is 11.9 Å². The fourth-order valence-electron chi connectivity index (χ4n) is 1.85. The Bertz CT molecular complexity index is 441. The minimum absolute atomic E-state index is 0.0437. The highest BCUT2D eigenvalue weighted by atomic mass is 16.2. The van der Waals surface area contributed by atoms with Crippen LogP contribution in [0.2, 0.25) is 0 Å². The van der Waals surface area contributed by atoms with E-state index in [9.17, 15) is 4.79 Å². The maximum absolute atomic E-state index is 11.7. The van der Waals surface area contributed by atoms with E-state index < -0.39 is 0 Å². The average molecular weight is 260 g/mol. The Labute approximate surface area is 113 Å². The van der Waals surface area contributed by atoms with Gasteiger partial charge in [-0.2, -0.15) is 0 Å². The third-order valence-corrected chi connectivity index (χ3v) is 2.94. The minimum Gasteiger partial charge on any atom is -0.370 e. The number of rotatable bonds is 6. The van der Waals surface area contributed by atoms with E-state index in [1.807, 2.05) is 37.4 Å². The van der Waals surface area contributed by atoms with Gasteiger partial charge in [0, 0.05) is 25.8 Å². The van der Waals surface area contributed by atoms with Crippen LogP contribution < -0.4 is 16.0 Å². The number of pyridine rings is 1. The zero-order valence-corrected chi connectivity index (χ0v) is 11.1. The highest BCUT2D eigenvalue weighted by molar-refractivity contribution is 5.84. The number of carbonyl (C=O) groups is 1. The summed E-state index contributed by atoms with van der Waals surface area (Å²) in [7, 11) is 0. The SMILES string of the molecule is Cc1ccc(NCCCNC(=O)C2C=CCN2)nc1. The smallest absolute Gasteiger partial charge is 0.241 e. The molecule has 5 heteroatoms. The van der Waals surface area contributed by atoms with E-state index in [1.54, 1.807) is 0 Å². The van der Waals surface area contributed by atoms with Crippen LogP contribution in [0.3, 0.4) is 0 Å². The number of nitrogens with zero attached hydrogens (tertiary/aromatic N) is 1. The molecule has 0 saturated carbocycles. The quantitative estimate of drug-likeness (QED) is 0.524. The summed E-state index contributed by atoms with van der Waals surface area (Å²) in [6.45, 7) is 4.25. The molecule has 1 aromatic heterocycles. The van der Waals surface area contributed by atoms with Crippen molar-refractivity contribution in [3.63, 3.8) is 0 Å². The molecule has 1 aliphatic rings. The lowest BCUT2D eigenvalue weighted by molar-refractivity contribution is -0.121. The third kappa shape index (κ3) is 4.37. The standard InChI is InChI=1S/C14H20N4O/c1-11-5-6-13(18-10-11)16-8-3-9-17-14(19)12-4-2-7-15-12/h2,4-6,10,12,15H,3,7-9H2,1H3,(H,16,18)(H,17,19). The molecule has 3 N–H and O–H groups in total. The monoisotopic (exact) mass is 260 g/mol. The summed E-state index contributed by atoms with van der Waals surface area (Å²) < 4.78 is 0. The second-order valence-corrected chi connectivity index (χ2v) is 4.61. The summed E-state index contributed by atoms with van der Waals surface area (Å²) in [5, 5.41) is 9.21. The number of aromatic nitrogens is 1. The summed E-state index contributed by atoms with van der Waals surface area (Å²) in [4.78, 5) is 15.9. The Morgan fingerprint density at radius 2 is 2.37 bits per heavy atom. The van der Waals surface area contributed by atoms with E-state index in [-0.39, 0.29) is 11.9 Å². The van der Waals surface area contributed by atoms with Crippen LogP contribution >= 0.6 is 0 Å². The number of anilines is 1. The fourth-order valence-corrected chi connectivity index (χ4v) is 1.85. The molecule has 0 aliphatic carbocycles. The van der Waals surface area contributed by atoms with Crippen molar-refractivity contribution in [2.45, 2.75) is 19.4 Å². The van der Waals surface area contributed by atoms with Crippen LogP contribution in [-0.4, -0.2) is 36.6 Å². The number of hydrogen-bond acceptors (Lipinski definition) is 4. The van der Waals surface area contributed by atoms with Crippen molar-refractivity contribution < 1.29 is 4.79 Å².